The van der Waals surface area contributed by atoms with Gasteiger partial charge in [-0.25, -0.2) is 4.98 Å². The van der Waals surface area contributed by atoms with Crippen LogP contribution < -0.4 is 33.2 Å². The number of para-hydroxylation sites is 1. The number of aromatic nitrogens is 1. The van der Waals surface area contributed by atoms with Crippen LogP contribution in [0.5, 0.6) is 40.2 Å². The molecule has 6 rings (SSSR count). The molecule has 0 saturated carbocycles. The number of nitrogens with zero attached hydrogens (tertiary/aromatic N) is 3. The maximum Gasteiger partial charge on any atom is 0.203 e. The molecule has 0 amide bonds. The molecule has 61 heavy (non-hydrogen) atoms. The number of hydrogen-bond donors (Lipinski definition) is 0. The Labute approximate surface area is 365 Å². The van der Waals surface area contributed by atoms with Crippen LogP contribution in [0.15, 0.2) is 78.9 Å². The quantitative estimate of drug-likeness (QED) is 0.0319. The molecule has 5 aromatic rings. The Morgan fingerprint density at radius 2 is 1.16 bits per heavy atom. The number of methoxy groups -OCH3 is 5. The molecule has 0 spiro atoms. The number of unbranched alkanes of at least 4 members (excludes halogenated alkanes) is 6. The van der Waals surface area contributed by atoms with Crippen LogP contribution in [-0.4, -0.2) is 109 Å². The van der Waals surface area contributed by atoms with Gasteiger partial charge in [0.2, 0.25) is 5.75 Å². The molecular weight excluding hydrogens is 791 g/mol. The molecule has 1 aromatic heterocycles. The Bertz CT molecular complexity index is 2120. The lowest BCUT2D eigenvalue weighted by Crippen LogP contribution is -2.46. The van der Waals surface area contributed by atoms with Gasteiger partial charge in [0.25, 0.3) is 0 Å². The molecule has 1 aliphatic rings. The summed E-state index contributed by atoms with van der Waals surface area (Å²) in [6.45, 7) is 8.20. The molecule has 0 radical (unpaired) electrons. The number of allylic oxidation sites excluding steroid dienone is 1. The fraction of sp³-hybridized carbons (Fsp3) is 0.429. The van der Waals surface area contributed by atoms with Crippen molar-refractivity contribution in [2.24, 2.45) is 0 Å². The van der Waals surface area contributed by atoms with E-state index in [0.29, 0.717) is 47.5 Å². The first-order chi connectivity index (χ1) is 29.9. The molecule has 0 aliphatic carbocycles. The van der Waals surface area contributed by atoms with Crippen LogP contribution in [0.3, 0.4) is 0 Å². The van der Waals surface area contributed by atoms with E-state index in [1.54, 1.807) is 43.8 Å². The van der Waals surface area contributed by atoms with Gasteiger partial charge in [0.1, 0.15) is 5.01 Å². The molecule has 0 unspecified atom stereocenters. The van der Waals surface area contributed by atoms with Crippen LogP contribution in [0.4, 0.5) is 0 Å². The number of fused-ring (bicyclic) bond motifs is 1. The zero-order chi connectivity index (χ0) is 42.8. The molecule has 4 aromatic carbocycles. The van der Waals surface area contributed by atoms with Gasteiger partial charge in [-0.3, -0.25) is 4.79 Å². The van der Waals surface area contributed by atoms with E-state index in [9.17, 15) is 4.79 Å². The Kier molecular flexibility index (Phi) is 17.5. The van der Waals surface area contributed by atoms with Crippen molar-refractivity contribution < 1.29 is 38.0 Å². The number of piperazine rings is 1. The van der Waals surface area contributed by atoms with Crippen LogP contribution in [0, 0.1) is 0 Å². The van der Waals surface area contributed by atoms with E-state index in [4.69, 9.17) is 38.1 Å². The summed E-state index contributed by atoms with van der Waals surface area (Å²) in [5.74, 6) is 3.97. The van der Waals surface area contributed by atoms with Crippen LogP contribution in [0.2, 0.25) is 0 Å². The molecule has 0 bridgehead atoms. The Morgan fingerprint density at radius 3 is 1.74 bits per heavy atom. The van der Waals surface area contributed by atoms with Gasteiger partial charge in [-0.15, -0.1) is 11.3 Å². The zero-order valence-corrected chi connectivity index (χ0v) is 37.2. The van der Waals surface area contributed by atoms with Crippen molar-refractivity contribution in [1.29, 1.82) is 0 Å². The maximum atomic E-state index is 13.0. The van der Waals surface area contributed by atoms with Crippen molar-refractivity contribution in [3.05, 3.63) is 90.0 Å². The second-order valence-electron chi connectivity index (χ2n) is 15.1. The van der Waals surface area contributed by atoms with E-state index < -0.39 is 0 Å². The van der Waals surface area contributed by atoms with Gasteiger partial charge < -0.3 is 43.0 Å². The smallest absolute Gasteiger partial charge is 0.203 e. The molecule has 2 heterocycles. The zero-order valence-electron chi connectivity index (χ0n) is 36.4. The summed E-state index contributed by atoms with van der Waals surface area (Å²) in [7, 11) is 7.91. The van der Waals surface area contributed by atoms with E-state index >= 15 is 0 Å². The Hall–Kier alpha value is -5.30. The fourth-order valence-electron chi connectivity index (χ4n) is 7.50. The van der Waals surface area contributed by atoms with Crippen LogP contribution >= 0.6 is 11.3 Å². The Morgan fingerprint density at radius 1 is 0.607 bits per heavy atom. The molecule has 1 fully saturated rings. The van der Waals surface area contributed by atoms with Gasteiger partial charge in [0, 0.05) is 37.3 Å². The number of ether oxygens (including phenoxy) is 7. The van der Waals surface area contributed by atoms with Crippen molar-refractivity contribution in [2.75, 3.05) is 88.0 Å². The standard InChI is InChI=1S/C49H61N3O8S/c1-54-41-22-19-36(18-21-40(53)38-34-45(56-3)48(58-5)46(35-38)57-4)32-43(41)59-30-14-8-6-12-24-51-26-28-52(29-27-51)25-13-7-9-15-31-60-44-33-37(20-23-42(44)55-2)49-50-39-16-10-11-17-47(39)61-49/h10-11,16-23,32-35H,6-9,12-15,24-31H2,1-5H3/b21-18+. The highest BCUT2D eigenvalue weighted by atomic mass is 32.1. The van der Waals surface area contributed by atoms with E-state index in [1.165, 1.54) is 64.3 Å². The molecule has 0 N–H and O–H groups in total. The summed E-state index contributed by atoms with van der Waals surface area (Å²) < 4.78 is 40.8. The molecule has 326 valence electrons. The molecule has 0 atom stereocenters. The minimum Gasteiger partial charge on any atom is -0.493 e. The van der Waals surface area contributed by atoms with Gasteiger partial charge >= 0.3 is 0 Å². The van der Waals surface area contributed by atoms with Gasteiger partial charge in [-0.05, 0) is 105 Å². The molecule has 11 nitrogen and oxygen atoms in total. The first-order valence-electron chi connectivity index (χ1n) is 21.4. The number of ketones is 1. The number of benzene rings is 4. The summed E-state index contributed by atoms with van der Waals surface area (Å²) in [6, 6.07) is 23.3. The van der Waals surface area contributed by atoms with E-state index in [1.807, 2.05) is 30.3 Å². The predicted octanol–water partition coefficient (Wildman–Crippen LogP) is 10.1. The first kappa shape index (κ1) is 45.2. The van der Waals surface area contributed by atoms with Crippen molar-refractivity contribution in [1.82, 2.24) is 14.8 Å². The monoisotopic (exact) mass is 851 g/mol. The predicted molar refractivity (Wildman–Crippen MR) is 245 cm³/mol. The summed E-state index contributed by atoms with van der Waals surface area (Å²) in [6.07, 6.45) is 12.4. The lowest BCUT2D eigenvalue weighted by Gasteiger charge is -2.34. The number of rotatable bonds is 25. The fourth-order valence-corrected chi connectivity index (χ4v) is 8.46. The van der Waals surface area contributed by atoms with Crippen LogP contribution in [-0.2, 0) is 0 Å². The first-order valence-corrected chi connectivity index (χ1v) is 22.2. The van der Waals surface area contributed by atoms with Crippen molar-refractivity contribution in [3.63, 3.8) is 0 Å². The molecule has 1 aliphatic heterocycles. The third kappa shape index (κ3) is 12.9. The van der Waals surface area contributed by atoms with Gasteiger partial charge in [0.05, 0.1) is 59.0 Å². The highest BCUT2D eigenvalue weighted by Gasteiger charge is 2.18. The van der Waals surface area contributed by atoms with Crippen LogP contribution in [0.25, 0.3) is 26.9 Å². The van der Waals surface area contributed by atoms with Crippen molar-refractivity contribution in [3.8, 4) is 50.8 Å². The largest absolute Gasteiger partial charge is 0.493 e. The van der Waals surface area contributed by atoms with E-state index in [-0.39, 0.29) is 5.78 Å². The topological polar surface area (TPSA) is 101 Å². The molecule has 1 saturated heterocycles. The van der Waals surface area contributed by atoms with E-state index in [2.05, 4.69) is 40.1 Å². The summed E-state index contributed by atoms with van der Waals surface area (Å²) in [4.78, 5) is 23.1. The highest BCUT2D eigenvalue weighted by Crippen LogP contribution is 2.39. The van der Waals surface area contributed by atoms with Crippen molar-refractivity contribution in [2.45, 2.75) is 51.4 Å². The maximum absolute atomic E-state index is 13.0. The second kappa shape index (κ2) is 23.6. The normalized spacial score (nSPS) is 13.4. The van der Waals surface area contributed by atoms with Crippen LogP contribution in [0.1, 0.15) is 67.3 Å². The van der Waals surface area contributed by atoms with Gasteiger partial charge in [0.15, 0.2) is 40.3 Å². The Balaban J connectivity index is 0.811. The summed E-state index contributed by atoms with van der Waals surface area (Å²) >= 11 is 1.70. The minimum atomic E-state index is -0.189. The lowest BCUT2D eigenvalue weighted by molar-refractivity contribution is 0.104. The van der Waals surface area contributed by atoms with E-state index in [0.717, 1.165) is 91.6 Å². The second-order valence-corrected chi connectivity index (χ2v) is 16.1. The number of carbonyl (C=O) groups is 1. The average Bonchev–Trinajstić information content (AvgIpc) is 3.74. The number of thiazole rings is 1. The third-order valence-corrected chi connectivity index (χ3v) is 12.1. The lowest BCUT2D eigenvalue weighted by atomic mass is 10.1. The third-order valence-electron chi connectivity index (χ3n) is 11.0. The van der Waals surface area contributed by atoms with Gasteiger partial charge in [-0.2, -0.15) is 0 Å². The average molecular weight is 852 g/mol. The SMILES string of the molecule is COc1ccc(/C=C/C(=O)c2cc(OC)c(OC)c(OC)c2)cc1OCCCCCCN1CCN(CCCCCCOc2cc(-c3nc4ccccc4s3)ccc2OC)CC1. The number of hydrogen-bond acceptors (Lipinski definition) is 12. The number of carbonyl (C=O) groups excluding carboxylic acids is 1. The molecular formula is C49H61N3O8S. The summed E-state index contributed by atoms with van der Waals surface area (Å²) in [5, 5.41) is 0.993. The van der Waals surface area contributed by atoms with Crippen molar-refractivity contribution >= 4 is 33.4 Å². The molecule has 12 heteroatoms. The summed E-state index contributed by atoms with van der Waals surface area (Å²) in [5.41, 5.74) is 3.34. The highest BCUT2D eigenvalue weighted by molar-refractivity contribution is 7.21. The van der Waals surface area contributed by atoms with Gasteiger partial charge in [-0.1, -0.05) is 50.0 Å². The minimum absolute atomic E-state index is 0.189.